The van der Waals surface area contributed by atoms with Crippen LogP contribution in [0.2, 0.25) is 0 Å². The molecule has 1 aromatic rings. The largest absolute Gasteiger partial charge is 0.510 e. The van der Waals surface area contributed by atoms with Crippen LogP contribution >= 0.6 is 7.82 Å². The fraction of sp³-hybridized carbons (Fsp3) is 0.579. The van der Waals surface area contributed by atoms with E-state index in [9.17, 15) is 23.7 Å². The van der Waals surface area contributed by atoms with Crippen molar-refractivity contribution >= 4 is 26.0 Å². The van der Waals surface area contributed by atoms with Gasteiger partial charge < -0.3 is 34.0 Å². The molecule has 2 heterocycles. The minimum Gasteiger partial charge on any atom is -0.460 e. The molecule has 3 aliphatic carbocycles. The number of fused-ring (bicyclic) bond motifs is 1. The van der Waals surface area contributed by atoms with Crippen LogP contribution in [0.25, 0.3) is 0 Å². The van der Waals surface area contributed by atoms with E-state index < -0.39 is 51.8 Å². The number of hydrogen-bond donors (Lipinski definition) is 1. The number of phosphoric acid groups is 1. The van der Waals surface area contributed by atoms with Gasteiger partial charge in [0, 0.05) is 17.8 Å². The Morgan fingerprint density at radius 1 is 1.03 bits per heavy atom. The van der Waals surface area contributed by atoms with Gasteiger partial charge in [-0.1, -0.05) is 0 Å². The third-order valence-electron chi connectivity index (χ3n) is 6.00. The molecule has 5 rings (SSSR count). The molecule has 1 aromatic heterocycles. The Balaban J connectivity index is 1.43. The molecule has 0 aromatic carbocycles. The first-order valence-electron chi connectivity index (χ1n) is 10.6. The number of ether oxygens (including phenoxy) is 5. The van der Waals surface area contributed by atoms with Gasteiger partial charge in [-0.15, -0.1) is 0 Å². The first kappa shape index (κ1) is 25.8. The van der Waals surface area contributed by atoms with E-state index in [4.69, 9.17) is 18.3 Å². The standard InChI is InChI=1S/C19H24N3O13P/c1-28-17(25)31-10-34-36(27,35-11-32-18(26)29-2)33-9-30-15-13(23)3-4-22-14(15)16(24)21(8-20-22)19-5-12(6-19)7-19/h3-4,12,20H,5-11H2,1-2H3. The van der Waals surface area contributed by atoms with E-state index in [1.165, 1.54) is 16.9 Å². The molecule has 1 aliphatic heterocycles. The number of hydrogen-bond acceptors (Lipinski definition) is 14. The SMILES string of the molecule is COC(=O)OCOP(=O)(OCOC(=O)OC)OCOc1c2n(ccc1=O)NCN(C13CC(C1)C3)C2=O. The monoisotopic (exact) mass is 533 g/mol. The Bertz CT molecular complexity index is 1100. The average Bonchev–Trinajstić information content (AvgIpc) is 2.80. The zero-order chi connectivity index (χ0) is 25.9. The first-order chi connectivity index (χ1) is 17.2. The molecular weight excluding hydrogens is 509 g/mol. The summed E-state index contributed by atoms with van der Waals surface area (Å²) in [6, 6.07) is 1.18. The topological polar surface area (TPSA) is 179 Å². The normalized spacial score (nSPS) is 21.8. The molecule has 0 saturated heterocycles. The van der Waals surface area contributed by atoms with Gasteiger partial charge in [0.1, 0.15) is 6.67 Å². The van der Waals surface area contributed by atoms with E-state index in [0.29, 0.717) is 5.92 Å². The minimum absolute atomic E-state index is 0.0539. The van der Waals surface area contributed by atoms with Crippen molar-refractivity contribution in [3.05, 3.63) is 28.2 Å². The molecular formula is C19H24N3O13P. The second-order valence-electron chi connectivity index (χ2n) is 8.01. The van der Waals surface area contributed by atoms with Gasteiger partial charge >= 0.3 is 20.1 Å². The second-order valence-corrected chi connectivity index (χ2v) is 9.68. The van der Waals surface area contributed by atoms with Crippen LogP contribution in [0, 0.1) is 5.92 Å². The molecule has 16 nitrogen and oxygen atoms in total. The number of nitrogens with one attached hydrogen (secondary N) is 1. The molecule has 3 saturated carbocycles. The number of rotatable bonds is 11. The van der Waals surface area contributed by atoms with Crippen LogP contribution in [0.3, 0.4) is 0 Å². The van der Waals surface area contributed by atoms with E-state index in [2.05, 4.69) is 24.4 Å². The summed E-state index contributed by atoms with van der Waals surface area (Å²) >= 11 is 0. The fourth-order valence-electron chi connectivity index (χ4n) is 4.14. The van der Waals surface area contributed by atoms with Crippen LogP contribution in [-0.4, -0.2) is 74.6 Å². The van der Waals surface area contributed by atoms with Crippen molar-refractivity contribution in [2.24, 2.45) is 5.92 Å². The molecule has 17 heteroatoms. The van der Waals surface area contributed by atoms with Crippen molar-refractivity contribution in [1.29, 1.82) is 0 Å². The van der Waals surface area contributed by atoms with Crippen molar-refractivity contribution in [1.82, 2.24) is 9.58 Å². The van der Waals surface area contributed by atoms with Gasteiger partial charge in [-0.3, -0.25) is 14.3 Å². The predicted octanol–water partition coefficient (Wildman–Crippen LogP) is 1.33. The lowest BCUT2D eigenvalue weighted by molar-refractivity contribution is -0.124. The van der Waals surface area contributed by atoms with Crippen molar-refractivity contribution < 1.29 is 56.2 Å². The van der Waals surface area contributed by atoms with Crippen LogP contribution in [0.5, 0.6) is 5.75 Å². The Hall–Kier alpha value is -3.33. The molecule has 0 spiro atoms. The van der Waals surface area contributed by atoms with Crippen molar-refractivity contribution in [2.45, 2.75) is 24.8 Å². The van der Waals surface area contributed by atoms with Gasteiger partial charge in [-0.25, -0.2) is 27.7 Å². The van der Waals surface area contributed by atoms with Crippen LogP contribution < -0.4 is 15.6 Å². The summed E-state index contributed by atoms with van der Waals surface area (Å²) in [5, 5.41) is 0. The molecule has 1 amide bonds. The highest BCUT2D eigenvalue weighted by molar-refractivity contribution is 7.48. The molecule has 0 unspecified atom stereocenters. The summed E-state index contributed by atoms with van der Waals surface area (Å²) in [6.45, 7) is -2.47. The van der Waals surface area contributed by atoms with Crippen molar-refractivity contribution in [2.75, 3.05) is 46.7 Å². The maximum absolute atomic E-state index is 13.3. The number of nitrogens with zero attached hydrogens (tertiary/aromatic N) is 2. The number of carbonyl (C=O) groups is 3. The van der Waals surface area contributed by atoms with Gasteiger partial charge in [-0.05, 0) is 25.2 Å². The zero-order valence-electron chi connectivity index (χ0n) is 19.3. The fourth-order valence-corrected chi connectivity index (χ4v) is 4.91. The highest BCUT2D eigenvalue weighted by Crippen LogP contribution is 2.61. The Labute approximate surface area is 203 Å². The molecule has 198 valence electrons. The lowest BCUT2D eigenvalue weighted by Crippen LogP contribution is -2.71. The molecule has 2 bridgehead atoms. The molecule has 1 N–H and O–H groups in total. The van der Waals surface area contributed by atoms with Crippen LogP contribution in [0.1, 0.15) is 29.8 Å². The van der Waals surface area contributed by atoms with Crippen LogP contribution in [0.15, 0.2) is 17.1 Å². The van der Waals surface area contributed by atoms with E-state index in [1.54, 1.807) is 4.90 Å². The van der Waals surface area contributed by atoms with Gasteiger partial charge in [0.05, 0.1) is 14.2 Å². The van der Waals surface area contributed by atoms with Gasteiger partial charge in [0.15, 0.2) is 5.69 Å². The zero-order valence-corrected chi connectivity index (χ0v) is 20.2. The number of aromatic nitrogens is 1. The predicted molar refractivity (Wildman–Crippen MR) is 114 cm³/mol. The van der Waals surface area contributed by atoms with Gasteiger partial charge in [-0.2, -0.15) is 0 Å². The van der Waals surface area contributed by atoms with Crippen LogP contribution in [-0.2, 0) is 37.1 Å². The van der Waals surface area contributed by atoms with Crippen molar-refractivity contribution in [3.8, 4) is 5.75 Å². The van der Waals surface area contributed by atoms with Gasteiger partial charge in [0.25, 0.3) is 5.91 Å². The maximum atomic E-state index is 13.3. The van der Waals surface area contributed by atoms with E-state index in [1.807, 2.05) is 0 Å². The maximum Gasteiger partial charge on any atom is 0.510 e. The quantitative estimate of drug-likeness (QED) is 0.244. The second kappa shape index (κ2) is 10.3. The molecule has 3 fully saturated rings. The molecule has 36 heavy (non-hydrogen) atoms. The van der Waals surface area contributed by atoms with Crippen LogP contribution in [0.4, 0.5) is 9.59 Å². The number of phosphoric ester groups is 1. The minimum atomic E-state index is -4.59. The smallest absolute Gasteiger partial charge is 0.460 e. The average molecular weight is 533 g/mol. The number of pyridine rings is 1. The van der Waals surface area contributed by atoms with Crippen molar-refractivity contribution in [3.63, 3.8) is 0 Å². The lowest BCUT2D eigenvalue weighted by atomic mass is 9.49. The number of methoxy groups -OCH3 is 2. The van der Waals surface area contributed by atoms with Gasteiger partial charge in [0.2, 0.25) is 31.6 Å². The Kier molecular flexibility index (Phi) is 7.40. The molecule has 0 atom stereocenters. The van der Waals surface area contributed by atoms with E-state index >= 15 is 0 Å². The molecule has 4 aliphatic rings. The highest BCUT2D eigenvalue weighted by atomic mass is 31.2. The third-order valence-corrected chi connectivity index (χ3v) is 7.27. The summed E-state index contributed by atoms with van der Waals surface area (Å²) in [6.07, 6.45) is 1.84. The summed E-state index contributed by atoms with van der Waals surface area (Å²) in [7, 11) is -2.51. The summed E-state index contributed by atoms with van der Waals surface area (Å²) in [4.78, 5) is 49.6. The molecule has 0 radical (unpaired) electrons. The van der Waals surface area contributed by atoms with E-state index in [0.717, 1.165) is 33.5 Å². The number of carbonyl (C=O) groups excluding carboxylic acids is 3. The summed E-state index contributed by atoms with van der Waals surface area (Å²) in [5.74, 6) is -0.120. The number of amides is 1. The lowest BCUT2D eigenvalue weighted by Gasteiger charge is -2.66. The summed E-state index contributed by atoms with van der Waals surface area (Å²) < 4.78 is 51.7. The Morgan fingerprint density at radius 3 is 2.14 bits per heavy atom. The highest BCUT2D eigenvalue weighted by Gasteiger charge is 2.62. The third kappa shape index (κ3) is 5.11. The Morgan fingerprint density at radius 2 is 1.61 bits per heavy atom. The van der Waals surface area contributed by atoms with E-state index in [-0.39, 0.29) is 23.7 Å². The first-order valence-corrected chi connectivity index (χ1v) is 12.1. The summed E-state index contributed by atoms with van der Waals surface area (Å²) in [5.41, 5.74) is 2.15.